The van der Waals surface area contributed by atoms with Gasteiger partial charge in [0.25, 0.3) is 6.08 Å². The van der Waals surface area contributed by atoms with Gasteiger partial charge in [0.1, 0.15) is 5.82 Å². The van der Waals surface area contributed by atoms with Crippen molar-refractivity contribution >= 4 is 0 Å². The molecule has 0 unspecified atom stereocenters. The molecule has 0 atom stereocenters. The highest BCUT2D eigenvalue weighted by atomic mass is 19.3. The zero-order valence-electron chi connectivity index (χ0n) is 19.6. The number of ether oxygens (including phenoxy) is 1. The lowest BCUT2D eigenvalue weighted by molar-refractivity contribution is -0.137. The summed E-state index contributed by atoms with van der Waals surface area (Å²) >= 11 is 0. The molecule has 0 aliphatic heterocycles. The monoisotopic (exact) mass is 520 g/mol. The molecule has 0 radical (unpaired) electrons. The molecule has 0 heterocycles. The SMILES string of the molecule is C=CC1CCC(c2ccc(-c3ccc(-c4cc(F)c(OC(F)(F)C=C(F)F)c(F)c4)c(F)c3)cc2)CC1. The van der Waals surface area contributed by atoms with E-state index in [9.17, 15) is 30.7 Å². The van der Waals surface area contributed by atoms with Gasteiger partial charge in [-0.3, -0.25) is 0 Å². The summed E-state index contributed by atoms with van der Waals surface area (Å²) in [5.74, 6) is -4.50. The van der Waals surface area contributed by atoms with Gasteiger partial charge in [-0.15, -0.1) is 6.58 Å². The van der Waals surface area contributed by atoms with Gasteiger partial charge in [0.2, 0.25) is 0 Å². The third-order valence-electron chi connectivity index (χ3n) is 6.61. The van der Waals surface area contributed by atoms with Crippen molar-refractivity contribution in [2.45, 2.75) is 37.7 Å². The molecule has 3 aromatic carbocycles. The summed E-state index contributed by atoms with van der Waals surface area (Å²) in [5, 5.41) is 0. The molecule has 1 nitrogen and oxygen atoms in total. The molecule has 1 fully saturated rings. The number of allylic oxidation sites excluding steroid dienone is 1. The smallest absolute Gasteiger partial charge is 0.423 e. The molecule has 37 heavy (non-hydrogen) atoms. The first-order chi connectivity index (χ1) is 17.6. The van der Waals surface area contributed by atoms with E-state index in [1.165, 1.54) is 17.7 Å². The van der Waals surface area contributed by atoms with E-state index in [4.69, 9.17) is 0 Å². The van der Waals surface area contributed by atoms with Crippen LogP contribution in [0.15, 0.2) is 79.4 Å². The highest BCUT2D eigenvalue weighted by Gasteiger charge is 2.33. The molecule has 1 aliphatic rings. The Morgan fingerprint density at radius 3 is 1.89 bits per heavy atom. The molecule has 194 valence electrons. The van der Waals surface area contributed by atoms with Crippen molar-refractivity contribution in [2.24, 2.45) is 5.92 Å². The molecule has 1 aliphatic carbocycles. The largest absolute Gasteiger partial charge is 0.425 e. The van der Waals surface area contributed by atoms with Crippen LogP contribution in [0.5, 0.6) is 5.75 Å². The number of rotatable bonds is 7. The first kappa shape index (κ1) is 26.5. The Morgan fingerprint density at radius 1 is 0.784 bits per heavy atom. The summed E-state index contributed by atoms with van der Waals surface area (Å²) in [4.78, 5) is 0. The number of benzene rings is 3. The van der Waals surface area contributed by atoms with Gasteiger partial charge in [0.15, 0.2) is 17.4 Å². The third-order valence-corrected chi connectivity index (χ3v) is 6.61. The maximum Gasteiger partial charge on any atom is 0.425 e. The predicted molar refractivity (Wildman–Crippen MR) is 128 cm³/mol. The third kappa shape index (κ3) is 6.24. The summed E-state index contributed by atoms with van der Waals surface area (Å²) in [6, 6.07) is 13.1. The minimum Gasteiger partial charge on any atom is -0.423 e. The molecule has 0 saturated heterocycles. The summed E-state index contributed by atoms with van der Waals surface area (Å²) in [6.45, 7) is 3.87. The lowest BCUT2D eigenvalue weighted by Gasteiger charge is -2.27. The summed E-state index contributed by atoms with van der Waals surface area (Å²) < 4.78 is 98.5. The molecule has 0 bridgehead atoms. The quantitative estimate of drug-likeness (QED) is 0.223. The average molecular weight is 520 g/mol. The molecule has 0 aromatic heterocycles. The van der Waals surface area contributed by atoms with Gasteiger partial charge in [-0.05, 0) is 78.0 Å². The second-order valence-electron chi connectivity index (χ2n) is 9.03. The van der Waals surface area contributed by atoms with E-state index in [-0.39, 0.29) is 11.1 Å². The lowest BCUT2D eigenvalue weighted by Crippen LogP contribution is -2.23. The van der Waals surface area contributed by atoms with Gasteiger partial charge >= 0.3 is 6.11 Å². The van der Waals surface area contributed by atoms with Crippen molar-refractivity contribution < 1.29 is 35.5 Å². The highest BCUT2D eigenvalue weighted by molar-refractivity contribution is 5.71. The average Bonchev–Trinajstić information content (AvgIpc) is 2.85. The van der Waals surface area contributed by atoms with Crippen LogP contribution in [0, 0.1) is 23.4 Å². The van der Waals surface area contributed by atoms with Crippen LogP contribution in [0.2, 0.25) is 0 Å². The number of hydrogen-bond donors (Lipinski definition) is 0. The number of alkyl halides is 2. The van der Waals surface area contributed by atoms with Gasteiger partial charge in [-0.2, -0.15) is 17.6 Å². The molecule has 0 N–H and O–H groups in total. The molecule has 8 heteroatoms. The van der Waals surface area contributed by atoms with Gasteiger partial charge in [0.05, 0.1) is 6.08 Å². The predicted octanol–water partition coefficient (Wildman–Crippen LogP) is 9.65. The normalized spacial score (nSPS) is 17.8. The Bertz CT molecular complexity index is 1280. The van der Waals surface area contributed by atoms with Gasteiger partial charge < -0.3 is 4.74 Å². The van der Waals surface area contributed by atoms with Crippen LogP contribution in [0.25, 0.3) is 22.3 Å². The standard InChI is InChI=1S/C29H23F7O/c1-2-17-3-5-18(6-4-17)19-7-9-20(10-8-19)21-11-12-23(24(30)13-21)22-14-25(31)28(26(32)15-22)37-29(35,36)16-27(33)34/h2,7-18H,1,3-6H2. The van der Waals surface area contributed by atoms with Crippen molar-refractivity contribution in [2.75, 3.05) is 0 Å². The lowest BCUT2D eigenvalue weighted by atomic mass is 9.78. The van der Waals surface area contributed by atoms with Crippen molar-refractivity contribution in [3.63, 3.8) is 0 Å². The summed E-state index contributed by atoms with van der Waals surface area (Å²) in [5.41, 5.74) is 2.07. The molecular formula is C29H23F7O. The number of halogens is 7. The van der Waals surface area contributed by atoms with Gasteiger partial charge in [-0.1, -0.05) is 42.5 Å². The minimum atomic E-state index is -4.64. The van der Waals surface area contributed by atoms with Crippen LogP contribution >= 0.6 is 0 Å². The Balaban J connectivity index is 1.53. The Kier molecular flexibility index (Phi) is 7.76. The first-order valence-corrected chi connectivity index (χ1v) is 11.7. The second-order valence-corrected chi connectivity index (χ2v) is 9.03. The van der Waals surface area contributed by atoms with Crippen LogP contribution in [0.1, 0.15) is 37.2 Å². The molecule has 3 aromatic rings. The van der Waals surface area contributed by atoms with Crippen LogP contribution in [-0.4, -0.2) is 6.11 Å². The van der Waals surface area contributed by atoms with Crippen molar-refractivity contribution in [3.8, 4) is 28.0 Å². The van der Waals surface area contributed by atoms with Crippen LogP contribution in [0.3, 0.4) is 0 Å². The van der Waals surface area contributed by atoms with E-state index < -0.39 is 41.5 Å². The van der Waals surface area contributed by atoms with Crippen molar-refractivity contribution in [1.82, 2.24) is 0 Å². The van der Waals surface area contributed by atoms with E-state index in [0.717, 1.165) is 31.2 Å². The molecule has 4 rings (SSSR count). The van der Waals surface area contributed by atoms with E-state index in [1.807, 2.05) is 30.3 Å². The van der Waals surface area contributed by atoms with Crippen LogP contribution in [-0.2, 0) is 0 Å². The fourth-order valence-electron chi connectivity index (χ4n) is 4.67. The fraction of sp³-hybridized carbons (Fsp3) is 0.241. The van der Waals surface area contributed by atoms with E-state index in [0.29, 0.717) is 29.5 Å². The zero-order chi connectivity index (χ0) is 26.7. The minimum absolute atomic E-state index is 0.176. The Hall–Kier alpha value is -3.55. The number of hydrogen-bond acceptors (Lipinski definition) is 1. The van der Waals surface area contributed by atoms with Crippen molar-refractivity contribution in [1.29, 1.82) is 0 Å². The van der Waals surface area contributed by atoms with Gasteiger partial charge in [0, 0.05) is 5.56 Å². The van der Waals surface area contributed by atoms with Gasteiger partial charge in [-0.25, -0.2) is 13.2 Å². The fourth-order valence-corrected chi connectivity index (χ4v) is 4.67. The molecular weight excluding hydrogens is 497 g/mol. The van der Waals surface area contributed by atoms with E-state index in [2.05, 4.69) is 11.3 Å². The van der Waals surface area contributed by atoms with E-state index >= 15 is 0 Å². The molecule has 0 spiro atoms. The summed E-state index contributed by atoms with van der Waals surface area (Å²) in [7, 11) is 0. The second kappa shape index (κ2) is 10.8. The van der Waals surface area contributed by atoms with Crippen molar-refractivity contribution in [3.05, 3.63) is 102 Å². The Morgan fingerprint density at radius 2 is 1.35 bits per heavy atom. The topological polar surface area (TPSA) is 9.23 Å². The first-order valence-electron chi connectivity index (χ1n) is 11.7. The summed E-state index contributed by atoms with van der Waals surface area (Å²) in [6.07, 6.45) is -1.92. The maximum absolute atomic E-state index is 14.9. The highest BCUT2D eigenvalue weighted by Crippen LogP contribution is 2.38. The maximum atomic E-state index is 14.9. The van der Waals surface area contributed by atoms with E-state index in [1.54, 1.807) is 6.07 Å². The van der Waals surface area contributed by atoms with Crippen LogP contribution < -0.4 is 4.74 Å². The molecule has 1 saturated carbocycles. The molecule has 0 amide bonds. The van der Waals surface area contributed by atoms with Crippen LogP contribution in [0.4, 0.5) is 30.7 Å². The zero-order valence-corrected chi connectivity index (χ0v) is 19.6. The Labute approximate surface area is 209 Å².